The van der Waals surface area contributed by atoms with E-state index < -0.39 is 0 Å². The first-order valence-electron chi connectivity index (χ1n) is 9.19. The van der Waals surface area contributed by atoms with Crippen LogP contribution in [0.4, 0.5) is 4.39 Å². The van der Waals surface area contributed by atoms with Crippen LogP contribution in [0, 0.1) is 5.82 Å². The van der Waals surface area contributed by atoms with Gasteiger partial charge in [0.15, 0.2) is 0 Å². The molecule has 3 nitrogen and oxygen atoms in total. The first-order chi connectivity index (χ1) is 14.0. The normalized spacial score (nSPS) is 11.4. The van der Waals surface area contributed by atoms with Crippen LogP contribution in [0.3, 0.4) is 0 Å². The highest BCUT2D eigenvalue weighted by Gasteiger charge is 2.21. The largest absolute Gasteiger partial charge is 0.361 e. The minimum atomic E-state index is -0.347. The van der Waals surface area contributed by atoms with E-state index in [0.29, 0.717) is 21.5 Å². The molecule has 0 radical (unpaired) electrons. The van der Waals surface area contributed by atoms with Crippen molar-refractivity contribution in [3.63, 3.8) is 0 Å². The number of halogens is 2. The van der Waals surface area contributed by atoms with Crippen molar-refractivity contribution in [2.75, 3.05) is 0 Å². The van der Waals surface area contributed by atoms with Crippen molar-refractivity contribution >= 4 is 33.4 Å². The van der Waals surface area contributed by atoms with Crippen molar-refractivity contribution in [3.05, 3.63) is 94.1 Å². The molecule has 0 saturated heterocycles. The Morgan fingerprint density at radius 3 is 2.52 bits per heavy atom. The van der Waals surface area contributed by atoms with E-state index in [9.17, 15) is 9.18 Å². The van der Waals surface area contributed by atoms with Gasteiger partial charge >= 0.3 is 0 Å². The average molecular weight is 403 g/mol. The van der Waals surface area contributed by atoms with Crippen LogP contribution in [0.2, 0.25) is 5.02 Å². The molecule has 0 saturated carbocycles. The summed E-state index contributed by atoms with van der Waals surface area (Å²) in [5.74, 6) is -0.347. The molecule has 0 bridgehead atoms. The van der Waals surface area contributed by atoms with Gasteiger partial charge in [0.2, 0.25) is 0 Å². The molecule has 0 amide bonds. The number of nitrogens with zero attached hydrogens (tertiary/aromatic N) is 1. The van der Waals surface area contributed by atoms with Crippen LogP contribution in [0.5, 0.6) is 0 Å². The molecule has 0 fully saturated rings. The SMILES string of the molecule is Cn1c(=O)c(-c2c[nH]c3ccc(F)cc23)c(-c2ccccc2)c2cc(Cl)ccc21. The number of H-pyrrole nitrogens is 1. The molecule has 29 heavy (non-hydrogen) atoms. The summed E-state index contributed by atoms with van der Waals surface area (Å²) in [6.07, 6.45) is 1.77. The number of hydrogen-bond donors (Lipinski definition) is 1. The van der Waals surface area contributed by atoms with Gasteiger partial charge in [-0.1, -0.05) is 41.9 Å². The maximum Gasteiger partial charge on any atom is 0.259 e. The van der Waals surface area contributed by atoms with Gasteiger partial charge in [-0.05, 0) is 42.0 Å². The van der Waals surface area contributed by atoms with Crippen molar-refractivity contribution < 1.29 is 4.39 Å². The number of pyridine rings is 1. The summed E-state index contributed by atoms with van der Waals surface area (Å²) in [5, 5.41) is 2.12. The van der Waals surface area contributed by atoms with E-state index in [4.69, 9.17) is 11.6 Å². The Morgan fingerprint density at radius 1 is 0.931 bits per heavy atom. The quantitative estimate of drug-likeness (QED) is 0.378. The summed E-state index contributed by atoms with van der Waals surface area (Å²) in [6, 6.07) is 19.8. The molecular formula is C24H16ClFN2O. The average Bonchev–Trinajstić information content (AvgIpc) is 3.13. The summed E-state index contributed by atoms with van der Waals surface area (Å²) in [4.78, 5) is 16.7. The molecule has 142 valence electrons. The lowest BCUT2D eigenvalue weighted by molar-refractivity contribution is 0.630. The standard InChI is InChI=1S/C24H16ClFN2O/c1-28-21-10-7-15(25)11-18(21)22(14-5-3-2-4-6-14)23(24(28)29)19-13-27-20-9-8-16(26)12-17(19)20/h2-13,27H,1H3. The van der Waals surface area contributed by atoms with Crippen LogP contribution in [-0.2, 0) is 7.05 Å². The summed E-state index contributed by atoms with van der Waals surface area (Å²) in [7, 11) is 1.74. The maximum atomic E-state index is 14.0. The van der Waals surface area contributed by atoms with E-state index in [-0.39, 0.29) is 11.4 Å². The first kappa shape index (κ1) is 17.7. The van der Waals surface area contributed by atoms with E-state index >= 15 is 0 Å². The van der Waals surface area contributed by atoms with Crippen molar-refractivity contribution in [1.29, 1.82) is 0 Å². The monoisotopic (exact) mass is 402 g/mol. The number of aromatic amines is 1. The number of aromatic nitrogens is 2. The zero-order chi connectivity index (χ0) is 20.1. The molecule has 0 atom stereocenters. The molecule has 0 spiro atoms. The van der Waals surface area contributed by atoms with E-state index in [0.717, 1.165) is 27.5 Å². The number of fused-ring (bicyclic) bond motifs is 2. The Bertz CT molecular complexity index is 1450. The zero-order valence-electron chi connectivity index (χ0n) is 15.5. The van der Waals surface area contributed by atoms with Crippen LogP contribution >= 0.6 is 11.6 Å². The lowest BCUT2D eigenvalue weighted by Gasteiger charge is -2.16. The van der Waals surface area contributed by atoms with Gasteiger partial charge < -0.3 is 9.55 Å². The predicted octanol–water partition coefficient (Wildman–Crippen LogP) is 6.15. The number of hydrogen-bond acceptors (Lipinski definition) is 1. The molecule has 0 aliphatic rings. The van der Waals surface area contributed by atoms with E-state index in [1.165, 1.54) is 12.1 Å². The molecule has 3 aromatic carbocycles. The number of nitrogens with one attached hydrogen (secondary N) is 1. The summed E-state index contributed by atoms with van der Waals surface area (Å²) in [6.45, 7) is 0. The molecule has 5 aromatic rings. The first-order valence-corrected chi connectivity index (χ1v) is 9.57. The fraction of sp³-hybridized carbons (Fsp3) is 0.0417. The van der Waals surface area contributed by atoms with Crippen molar-refractivity contribution in [2.24, 2.45) is 7.05 Å². The summed E-state index contributed by atoms with van der Waals surface area (Å²) < 4.78 is 15.6. The molecule has 0 aliphatic heterocycles. The second-order valence-corrected chi connectivity index (χ2v) is 7.47. The van der Waals surface area contributed by atoms with Gasteiger partial charge in [-0.25, -0.2) is 4.39 Å². The smallest absolute Gasteiger partial charge is 0.259 e. The Morgan fingerprint density at radius 2 is 1.72 bits per heavy atom. The number of rotatable bonds is 2. The minimum absolute atomic E-state index is 0.149. The third-order valence-corrected chi connectivity index (χ3v) is 5.57. The molecule has 5 heteroatoms. The molecule has 0 unspecified atom stereocenters. The molecule has 2 heterocycles. The van der Waals surface area contributed by atoms with Gasteiger partial charge in [-0.2, -0.15) is 0 Å². The van der Waals surface area contributed by atoms with Crippen LogP contribution in [0.15, 0.2) is 77.7 Å². The van der Waals surface area contributed by atoms with Crippen LogP contribution in [-0.4, -0.2) is 9.55 Å². The second-order valence-electron chi connectivity index (χ2n) is 7.03. The lowest BCUT2D eigenvalue weighted by Crippen LogP contribution is -2.20. The molecule has 1 N–H and O–H groups in total. The van der Waals surface area contributed by atoms with Crippen molar-refractivity contribution in [3.8, 4) is 22.3 Å². The second kappa shape index (κ2) is 6.61. The Balaban J connectivity index is 2.01. The minimum Gasteiger partial charge on any atom is -0.361 e. The van der Waals surface area contributed by atoms with Gasteiger partial charge in [0.1, 0.15) is 5.82 Å². The number of aryl methyl sites for hydroxylation is 1. The third kappa shape index (κ3) is 2.76. The topological polar surface area (TPSA) is 37.8 Å². The molecule has 2 aromatic heterocycles. The molecule has 5 rings (SSSR count). The van der Waals surface area contributed by atoms with E-state index in [1.807, 2.05) is 42.5 Å². The van der Waals surface area contributed by atoms with Crippen LogP contribution in [0.25, 0.3) is 44.1 Å². The Kier molecular flexibility index (Phi) is 4.03. The Labute approximate surface area is 171 Å². The fourth-order valence-corrected chi connectivity index (χ4v) is 4.15. The molecular weight excluding hydrogens is 387 g/mol. The van der Waals surface area contributed by atoms with Gasteiger partial charge in [-0.3, -0.25) is 4.79 Å². The van der Waals surface area contributed by atoms with Gasteiger partial charge in [-0.15, -0.1) is 0 Å². The summed E-state index contributed by atoms with van der Waals surface area (Å²) >= 11 is 6.32. The van der Waals surface area contributed by atoms with Crippen molar-refractivity contribution in [2.45, 2.75) is 0 Å². The summed E-state index contributed by atoms with van der Waals surface area (Å²) in [5.41, 5.74) is 4.28. The Hall–Kier alpha value is -3.37. The highest BCUT2D eigenvalue weighted by molar-refractivity contribution is 6.31. The zero-order valence-corrected chi connectivity index (χ0v) is 16.3. The highest BCUT2D eigenvalue weighted by atomic mass is 35.5. The highest BCUT2D eigenvalue weighted by Crippen LogP contribution is 2.39. The third-order valence-electron chi connectivity index (χ3n) is 5.33. The predicted molar refractivity (Wildman–Crippen MR) is 117 cm³/mol. The molecule has 0 aliphatic carbocycles. The van der Waals surface area contributed by atoms with Crippen LogP contribution in [0.1, 0.15) is 0 Å². The van der Waals surface area contributed by atoms with Gasteiger partial charge in [0.25, 0.3) is 5.56 Å². The van der Waals surface area contributed by atoms with Crippen LogP contribution < -0.4 is 5.56 Å². The van der Waals surface area contributed by atoms with Crippen molar-refractivity contribution in [1.82, 2.24) is 9.55 Å². The van der Waals surface area contributed by atoms with E-state index in [2.05, 4.69) is 4.98 Å². The number of benzene rings is 3. The maximum absolute atomic E-state index is 14.0. The fourth-order valence-electron chi connectivity index (χ4n) is 3.97. The van der Waals surface area contributed by atoms with Gasteiger partial charge in [0, 0.05) is 45.7 Å². The van der Waals surface area contributed by atoms with Gasteiger partial charge in [0.05, 0.1) is 11.1 Å². The van der Waals surface area contributed by atoms with E-state index in [1.54, 1.807) is 29.9 Å². The lowest BCUT2D eigenvalue weighted by atomic mass is 9.92.